The maximum Gasteiger partial charge on any atom is 0.211 e. The molecule has 0 saturated heterocycles. The fraction of sp³-hybridized carbons (Fsp3) is 0.500. The molecule has 0 aromatic heterocycles. The standard InChI is InChI=1S/C8H18N8O3/c1-3(17)5(18)6(19)4(14-16-8(11)12)2-13-15-7(9)10/h2-3,5-6,17-19H,1H3,(H4,9,10,15)(H4,11,12,16)/b13-2+,14-4-. The Morgan fingerprint density at radius 1 is 0.947 bits per heavy atom. The van der Waals surface area contributed by atoms with Crippen LogP contribution in [0.3, 0.4) is 0 Å². The van der Waals surface area contributed by atoms with Crippen molar-refractivity contribution < 1.29 is 15.3 Å². The van der Waals surface area contributed by atoms with Crippen LogP contribution in [0.5, 0.6) is 0 Å². The first-order chi connectivity index (χ1) is 8.75. The number of nitrogens with zero attached hydrogens (tertiary/aromatic N) is 4. The number of hydrogen-bond donors (Lipinski definition) is 7. The second kappa shape index (κ2) is 7.97. The van der Waals surface area contributed by atoms with E-state index in [2.05, 4.69) is 20.4 Å². The Labute approximate surface area is 109 Å². The molecule has 11 heteroatoms. The van der Waals surface area contributed by atoms with Crippen molar-refractivity contribution >= 4 is 23.8 Å². The molecule has 19 heavy (non-hydrogen) atoms. The summed E-state index contributed by atoms with van der Waals surface area (Å²) in [5, 5.41) is 41.8. The molecule has 0 amide bonds. The van der Waals surface area contributed by atoms with Crippen molar-refractivity contribution in [2.24, 2.45) is 43.3 Å². The summed E-state index contributed by atoms with van der Waals surface area (Å²) >= 11 is 0. The molecule has 0 saturated carbocycles. The van der Waals surface area contributed by atoms with Crippen LogP contribution in [-0.2, 0) is 0 Å². The van der Waals surface area contributed by atoms with Crippen LogP contribution in [0.2, 0.25) is 0 Å². The largest absolute Gasteiger partial charge is 0.391 e. The first-order valence-corrected chi connectivity index (χ1v) is 5.08. The smallest absolute Gasteiger partial charge is 0.211 e. The molecular weight excluding hydrogens is 256 g/mol. The molecule has 3 atom stereocenters. The second-order valence-electron chi connectivity index (χ2n) is 3.50. The zero-order chi connectivity index (χ0) is 15.0. The minimum Gasteiger partial charge on any atom is -0.391 e. The van der Waals surface area contributed by atoms with Crippen LogP contribution in [0.15, 0.2) is 20.4 Å². The van der Waals surface area contributed by atoms with E-state index in [1.165, 1.54) is 6.92 Å². The van der Waals surface area contributed by atoms with Crippen LogP contribution in [0.1, 0.15) is 6.92 Å². The van der Waals surface area contributed by atoms with Gasteiger partial charge in [0, 0.05) is 0 Å². The maximum absolute atomic E-state index is 9.73. The maximum atomic E-state index is 9.73. The monoisotopic (exact) mass is 274 g/mol. The third kappa shape index (κ3) is 6.92. The molecule has 3 unspecified atom stereocenters. The third-order valence-corrected chi connectivity index (χ3v) is 1.76. The molecule has 11 nitrogen and oxygen atoms in total. The summed E-state index contributed by atoms with van der Waals surface area (Å²) in [6.07, 6.45) is -3.38. The summed E-state index contributed by atoms with van der Waals surface area (Å²) in [6, 6.07) is 0. The van der Waals surface area contributed by atoms with Gasteiger partial charge < -0.3 is 38.3 Å². The van der Waals surface area contributed by atoms with E-state index in [4.69, 9.17) is 28.0 Å². The van der Waals surface area contributed by atoms with Crippen LogP contribution in [0.25, 0.3) is 0 Å². The number of rotatable bonds is 6. The van der Waals surface area contributed by atoms with Crippen LogP contribution in [0.4, 0.5) is 0 Å². The van der Waals surface area contributed by atoms with Gasteiger partial charge in [-0.25, -0.2) is 0 Å². The first-order valence-electron chi connectivity index (χ1n) is 5.08. The summed E-state index contributed by atoms with van der Waals surface area (Å²) in [5.74, 6) is -0.686. The molecule has 0 aliphatic heterocycles. The van der Waals surface area contributed by atoms with Crippen molar-refractivity contribution in [3.8, 4) is 0 Å². The zero-order valence-corrected chi connectivity index (χ0v) is 10.2. The Balaban J connectivity index is 5.18. The minimum atomic E-state index is -1.58. The summed E-state index contributed by atoms with van der Waals surface area (Å²) in [7, 11) is 0. The Morgan fingerprint density at radius 3 is 1.89 bits per heavy atom. The lowest BCUT2D eigenvalue weighted by atomic mass is 10.1. The summed E-state index contributed by atoms with van der Waals surface area (Å²) in [5.41, 5.74) is 20.0. The second-order valence-corrected chi connectivity index (χ2v) is 3.50. The van der Waals surface area contributed by atoms with Gasteiger partial charge >= 0.3 is 0 Å². The number of guanidine groups is 2. The Hall–Kier alpha value is -2.24. The van der Waals surface area contributed by atoms with Crippen molar-refractivity contribution in [3.63, 3.8) is 0 Å². The number of aliphatic hydroxyl groups is 3. The normalized spacial score (nSPS) is 16.7. The van der Waals surface area contributed by atoms with E-state index in [0.29, 0.717) is 0 Å². The van der Waals surface area contributed by atoms with Crippen molar-refractivity contribution in [1.82, 2.24) is 0 Å². The van der Waals surface area contributed by atoms with Crippen molar-refractivity contribution in [3.05, 3.63) is 0 Å². The van der Waals surface area contributed by atoms with E-state index in [1.54, 1.807) is 0 Å². The van der Waals surface area contributed by atoms with E-state index in [-0.39, 0.29) is 17.6 Å². The van der Waals surface area contributed by atoms with Gasteiger partial charge in [0.15, 0.2) is 0 Å². The lowest BCUT2D eigenvalue weighted by molar-refractivity contribution is -0.0249. The SMILES string of the molecule is CC(O)C(O)C(O)C(/C=N/N=C(N)N)=N\N=C(N)N. The van der Waals surface area contributed by atoms with E-state index in [9.17, 15) is 10.2 Å². The molecule has 108 valence electrons. The number of hydrogen-bond acceptors (Lipinski definition) is 7. The fourth-order valence-corrected chi connectivity index (χ4v) is 0.870. The molecule has 0 bridgehead atoms. The predicted octanol–water partition coefficient (Wildman–Crippen LogP) is -4.02. The molecule has 0 spiro atoms. The molecule has 0 aliphatic carbocycles. The Bertz CT molecular complexity index is 395. The molecule has 0 fully saturated rings. The molecule has 0 radical (unpaired) electrons. The van der Waals surface area contributed by atoms with Crippen molar-refractivity contribution in [1.29, 1.82) is 0 Å². The van der Waals surface area contributed by atoms with Crippen molar-refractivity contribution in [2.75, 3.05) is 0 Å². The number of aliphatic hydroxyl groups excluding tert-OH is 3. The van der Waals surface area contributed by atoms with E-state index < -0.39 is 18.3 Å². The van der Waals surface area contributed by atoms with Gasteiger partial charge in [-0.3, -0.25) is 0 Å². The quantitative estimate of drug-likeness (QED) is 0.144. The summed E-state index contributed by atoms with van der Waals surface area (Å²) in [6.45, 7) is 1.28. The lowest BCUT2D eigenvalue weighted by Gasteiger charge is -2.19. The number of nitrogens with two attached hydrogens (primary N) is 4. The highest BCUT2D eigenvalue weighted by atomic mass is 16.4. The predicted molar refractivity (Wildman–Crippen MR) is 71.2 cm³/mol. The lowest BCUT2D eigenvalue weighted by Crippen LogP contribution is -2.41. The van der Waals surface area contributed by atoms with Crippen LogP contribution >= 0.6 is 0 Å². The molecule has 0 aromatic rings. The Morgan fingerprint density at radius 2 is 1.47 bits per heavy atom. The van der Waals surface area contributed by atoms with Gasteiger partial charge in [0.2, 0.25) is 11.9 Å². The highest BCUT2D eigenvalue weighted by Crippen LogP contribution is 2.02. The van der Waals surface area contributed by atoms with E-state index in [1.807, 2.05) is 0 Å². The van der Waals surface area contributed by atoms with Gasteiger partial charge in [0.1, 0.15) is 17.9 Å². The minimum absolute atomic E-state index is 0.244. The van der Waals surface area contributed by atoms with E-state index in [0.717, 1.165) is 6.21 Å². The first kappa shape index (κ1) is 16.8. The molecule has 0 rings (SSSR count). The third-order valence-electron chi connectivity index (χ3n) is 1.76. The van der Waals surface area contributed by atoms with Crippen molar-refractivity contribution in [2.45, 2.75) is 25.2 Å². The van der Waals surface area contributed by atoms with Gasteiger partial charge in [-0.1, -0.05) is 0 Å². The summed E-state index contributed by atoms with van der Waals surface area (Å²) < 4.78 is 0. The molecule has 11 N–H and O–H groups in total. The summed E-state index contributed by atoms with van der Waals surface area (Å²) in [4.78, 5) is 0. The van der Waals surface area contributed by atoms with Gasteiger partial charge in [-0.05, 0) is 6.92 Å². The molecule has 0 heterocycles. The van der Waals surface area contributed by atoms with Crippen LogP contribution in [-0.4, -0.2) is 57.5 Å². The average Bonchev–Trinajstić information content (AvgIpc) is 2.30. The topological polar surface area (TPSA) is 214 Å². The molecule has 0 aromatic carbocycles. The van der Waals surface area contributed by atoms with Gasteiger partial charge in [-0.2, -0.15) is 5.10 Å². The zero-order valence-electron chi connectivity index (χ0n) is 10.2. The van der Waals surface area contributed by atoms with E-state index >= 15 is 0 Å². The highest BCUT2D eigenvalue weighted by Gasteiger charge is 2.25. The van der Waals surface area contributed by atoms with Crippen LogP contribution in [0, 0.1) is 0 Å². The molecular formula is C8H18N8O3. The van der Waals surface area contributed by atoms with Gasteiger partial charge in [0.25, 0.3) is 0 Å². The average molecular weight is 274 g/mol. The van der Waals surface area contributed by atoms with Crippen LogP contribution < -0.4 is 22.9 Å². The fourth-order valence-electron chi connectivity index (χ4n) is 0.870. The van der Waals surface area contributed by atoms with Gasteiger partial charge in [0.05, 0.1) is 12.3 Å². The Kier molecular flexibility index (Phi) is 7.03. The molecule has 0 aliphatic rings. The van der Waals surface area contributed by atoms with Gasteiger partial charge in [-0.15, -0.1) is 15.3 Å². The highest BCUT2D eigenvalue weighted by molar-refractivity contribution is 6.32.